The van der Waals surface area contributed by atoms with Crippen LogP contribution in [0, 0.1) is 0 Å². The van der Waals surface area contributed by atoms with Gasteiger partial charge in [-0.15, -0.1) is 0 Å². The molecule has 0 spiro atoms. The predicted octanol–water partition coefficient (Wildman–Crippen LogP) is 4.26. The van der Waals surface area contributed by atoms with Crippen molar-refractivity contribution in [3.63, 3.8) is 0 Å². The summed E-state index contributed by atoms with van der Waals surface area (Å²) in [7, 11) is 0. The fraction of sp³-hybridized carbons (Fsp3) is 0.133. The van der Waals surface area contributed by atoms with Gasteiger partial charge in [0.15, 0.2) is 0 Å². The first kappa shape index (κ1) is 15.7. The number of ether oxygens (including phenoxy) is 2. The first-order valence-corrected chi connectivity index (χ1v) is 7.27. The van der Waals surface area contributed by atoms with E-state index in [9.17, 15) is 4.79 Å². The second-order valence-corrected chi connectivity index (χ2v) is 5.43. The SMILES string of the molecule is O=C(O)c1ccc(OCCOc2cccc(Br)c2)c(Cl)c1. The van der Waals surface area contributed by atoms with Crippen molar-refractivity contribution in [1.82, 2.24) is 0 Å². The minimum Gasteiger partial charge on any atom is -0.490 e. The molecule has 0 saturated heterocycles. The monoisotopic (exact) mass is 370 g/mol. The highest BCUT2D eigenvalue weighted by Gasteiger charge is 2.07. The number of aromatic carboxylic acids is 1. The first-order valence-electron chi connectivity index (χ1n) is 6.10. The molecule has 0 unspecified atom stereocenters. The summed E-state index contributed by atoms with van der Waals surface area (Å²) in [5, 5.41) is 9.10. The summed E-state index contributed by atoms with van der Waals surface area (Å²) in [6.07, 6.45) is 0. The van der Waals surface area contributed by atoms with Crippen molar-refractivity contribution >= 4 is 33.5 Å². The van der Waals surface area contributed by atoms with Crippen LogP contribution in [0.25, 0.3) is 0 Å². The van der Waals surface area contributed by atoms with Gasteiger partial charge in [-0.1, -0.05) is 33.6 Å². The number of benzene rings is 2. The van der Waals surface area contributed by atoms with E-state index in [0.29, 0.717) is 19.0 Å². The zero-order chi connectivity index (χ0) is 15.2. The maximum atomic E-state index is 10.8. The van der Waals surface area contributed by atoms with Crippen molar-refractivity contribution in [1.29, 1.82) is 0 Å². The summed E-state index contributed by atoms with van der Waals surface area (Å²) in [5.41, 5.74) is 0.123. The molecular weight excluding hydrogens is 360 g/mol. The van der Waals surface area contributed by atoms with Crippen molar-refractivity contribution in [2.24, 2.45) is 0 Å². The van der Waals surface area contributed by atoms with Crippen molar-refractivity contribution < 1.29 is 19.4 Å². The fourth-order valence-electron chi connectivity index (χ4n) is 1.62. The molecule has 0 fully saturated rings. The van der Waals surface area contributed by atoms with E-state index < -0.39 is 5.97 Å². The van der Waals surface area contributed by atoms with Crippen LogP contribution in [0.5, 0.6) is 11.5 Å². The van der Waals surface area contributed by atoms with Crippen molar-refractivity contribution in [3.8, 4) is 11.5 Å². The summed E-state index contributed by atoms with van der Waals surface area (Å²) in [6, 6.07) is 11.8. The van der Waals surface area contributed by atoms with Crippen LogP contribution in [0.3, 0.4) is 0 Å². The third kappa shape index (κ3) is 4.65. The van der Waals surface area contributed by atoms with Gasteiger partial charge in [0, 0.05) is 4.47 Å². The fourth-order valence-corrected chi connectivity index (χ4v) is 2.23. The molecule has 0 amide bonds. The molecule has 1 N–H and O–H groups in total. The molecule has 0 atom stereocenters. The second kappa shape index (κ2) is 7.33. The normalized spacial score (nSPS) is 10.2. The van der Waals surface area contributed by atoms with Gasteiger partial charge in [0.1, 0.15) is 24.7 Å². The summed E-state index contributed by atoms with van der Waals surface area (Å²) in [4.78, 5) is 10.8. The molecule has 0 bridgehead atoms. The minimum atomic E-state index is -1.03. The number of halogens is 2. The van der Waals surface area contributed by atoms with E-state index in [1.807, 2.05) is 24.3 Å². The molecule has 0 heterocycles. The molecule has 2 aromatic rings. The van der Waals surface area contributed by atoms with E-state index in [1.165, 1.54) is 18.2 Å². The molecule has 2 rings (SSSR count). The molecule has 2 aromatic carbocycles. The highest BCUT2D eigenvalue weighted by atomic mass is 79.9. The topological polar surface area (TPSA) is 55.8 Å². The van der Waals surface area contributed by atoms with Crippen LogP contribution in [0.4, 0.5) is 0 Å². The smallest absolute Gasteiger partial charge is 0.335 e. The maximum absolute atomic E-state index is 10.8. The predicted molar refractivity (Wildman–Crippen MR) is 83.5 cm³/mol. The molecule has 0 aliphatic heterocycles. The Morgan fingerprint density at radius 1 is 1.14 bits per heavy atom. The Bertz CT molecular complexity index is 645. The van der Waals surface area contributed by atoms with Gasteiger partial charge in [-0.3, -0.25) is 0 Å². The molecule has 4 nitrogen and oxygen atoms in total. The molecule has 6 heteroatoms. The van der Waals surface area contributed by atoms with Crippen LogP contribution in [0.1, 0.15) is 10.4 Å². The van der Waals surface area contributed by atoms with Crippen molar-refractivity contribution in [3.05, 3.63) is 57.5 Å². The lowest BCUT2D eigenvalue weighted by Gasteiger charge is -2.10. The van der Waals surface area contributed by atoms with E-state index in [1.54, 1.807) is 0 Å². The number of carboxylic acid groups (broad SMARTS) is 1. The van der Waals surface area contributed by atoms with E-state index in [4.69, 9.17) is 26.2 Å². The maximum Gasteiger partial charge on any atom is 0.335 e. The summed E-state index contributed by atoms with van der Waals surface area (Å²) < 4.78 is 11.9. The van der Waals surface area contributed by atoms with Gasteiger partial charge in [-0.05, 0) is 36.4 Å². The highest BCUT2D eigenvalue weighted by Crippen LogP contribution is 2.25. The van der Waals surface area contributed by atoms with Gasteiger partial charge in [0.25, 0.3) is 0 Å². The molecule has 110 valence electrons. The van der Waals surface area contributed by atoms with E-state index in [2.05, 4.69) is 15.9 Å². The lowest BCUT2D eigenvalue weighted by Crippen LogP contribution is -2.09. The van der Waals surface area contributed by atoms with Gasteiger partial charge in [-0.25, -0.2) is 4.79 Å². The largest absolute Gasteiger partial charge is 0.490 e. The third-order valence-electron chi connectivity index (χ3n) is 2.58. The quantitative estimate of drug-likeness (QED) is 0.771. The van der Waals surface area contributed by atoms with Crippen LogP contribution in [0.2, 0.25) is 5.02 Å². The van der Waals surface area contributed by atoms with Gasteiger partial charge >= 0.3 is 5.97 Å². The number of carboxylic acids is 1. The summed E-state index contributed by atoms with van der Waals surface area (Å²) >= 11 is 9.31. The molecule has 21 heavy (non-hydrogen) atoms. The second-order valence-electron chi connectivity index (χ2n) is 4.10. The molecule has 0 radical (unpaired) electrons. The molecular formula is C15H12BrClO4. The Labute approximate surface area is 135 Å². The highest BCUT2D eigenvalue weighted by molar-refractivity contribution is 9.10. The zero-order valence-corrected chi connectivity index (χ0v) is 13.2. The van der Waals surface area contributed by atoms with Gasteiger partial charge < -0.3 is 14.6 Å². The Morgan fingerprint density at radius 2 is 1.90 bits per heavy atom. The van der Waals surface area contributed by atoms with E-state index >= 15 is 0 Å². The van der Waals surface area contributed by atoms with Crippen molar-refractivity contribution in [2.75, 3.05) is 13.2 Å². The number of carbonyl (C=O) groups is 1. The van der Waals surface area contributed by atoms with Crippen LogP contribution in [-0.4, -0.2) is 24.3 Å². The van der Waals surface area contributed by atoms with Crippen LogP contribution >= 0.6 is 27.5 Å². The molecule has 0 saturated carbocycles. The zero-order valence-electron chi connectivity index (χ0n) is 10.9. The molecule has 0 aliphatic rings. The number of hydrogen-bond donors (Lipinski definition) is 1. The minimum absolute atomic E-state index is 0.123. The lowest BCUT2D eigenvalue weighted by atomic mass is 10.2. The Hall–Kier alpha value is -1.72. The lowest BCUT2D eigenvalue weighted by molar-refractivity contribution is 0.0697. The average molecular weight is 372 g/mol. The summed E-state index contributed by atoms with van der Waals surface area (Å²) in [6.45, 7) is 0.659. The summed E-state index contributed by atoms with van der Waals surface area (Å²) in [5.74, 6) is 0.140. The Balaban J connectivity index is 1.85. The van der Waals surface area contributed by atoms with E-state index in [0.717, 1.165) is 10.2 Å². The van der Waals surface area contributed by atoms with E-state index in [-0.39, 0.29) is 10.6 Å². The van der Waals surface area contributed by atoms with Gasteiger partial charge in [0.2, 0.25) is 0 Å². The standard InChI is InChI=1S/C15H12BrClO4/c16-11-2-1-3-12(9-11)20-6-7-21-14-5-4-10(15(18)19)8-13(14)17/h1-5,8-9H,6-7H2,(H,18,19). The third-order valence-corrected chi connectivity index (χ3v) is 3.37. The Kier molecular flexibility index (Phi) is 5.47. The van der Waals surface area contributed by atoms with Crippen LogP contribution < -0.4 is 9.47 Å². The molecule has 0 aliphatic carbocycles. The number of hydrogen-bond acceptors (Lipinski definition) is 3. The number of rotatable bonds is 6. The average Bonchev–Trinajstić information content (AvgIpc) is 2.45. The Morgan fingerprint density at radius 3 is 2.57 bits per heavy atom. The van der Waals surface area contributed by atoms with Crippen LogP contribution in [0.15, 0.2) is 46.9 Å². The van der Waals surface area contributed by atoms with Crippen molar-refractivity contribution in [2.45, 2.75) is 0 Å². The molecule has 0 aromatic heterocycles. The van der Waals surface area contributed by atoms with Gasteiger partial charge in [0.05, 0.1) is 10.6 Å². The van der Waals surface area contributed by atoms with Crippen LogP contribution in [-0.2, 0) is 0 Å². The van der Waals surface area contributed by atoms with Gasteiger partial charge in [-0.2, -0.15) is 0 Å². The first-order chi connectivity index (χ1) is 10.1.